The minimum atomic E-state index is -4.96. The summed E-state index contributed by atoms with van der Waals surface area (Å²) in [6.07, 6.45) is -10.4. The predicted molar refractivity (Wildman–Crippen MR) is 74.1 cm³/mol. The van der Waals surface area contributed by atoms with Gasteiger partial charge >= 0.3 is 18.3 Å². The molecule has 0 aliphatic heterocycles. The minimum absolute atomic E-state index is 0.0547. The van der Waals surface area contributed by atoms with Crippen LogP contribution >= 0.6 is 0 Å². The van der Waals surface area contributed by atoms with E-state index in [9.17, 15) is 31.1 Å². The van der Waals surface area contributed by atoms with Crippen LogP contribution in [0, 0.1) is 0 Å². The molecule has 1 aromatic carbocycles. The molecular weight excluding hydrogens is 340 g/mol. The second kappa shape index (κ2) is 7.42. The summed E-state index contributed by atoms with van der Waals surface area (Å²) in [5, 5.41) is 0. The third kappa shape index (κ3) is 4.62. The lowest BCUT2D eigenvalue weighted by molar-refractivity contribution is -0.144. The fraction of sp³-hybridized carbons (Fsp3) is 0.533. The molecule has 0 bridgehead atoms. The standard InChI is InChI=1S/C15H17F6NO2/c1-3-8(7-11(22)13(23)24-2)12-9(14(16,17)18)5-4-6-10(12)15(19,20)21/h4-6,8,11H,3,7,22H2,1-2H3. The van der Waals surface area contributed by atoms with E-state index < -0.39 is 47.0 Å². The van der Waals surface area contributed by atoms with E-state index in [0.29, 0.717) is 18.2 Å². The van der Waals surface area contributed by atoms with Crippen LogP contribution < -0.4 is 5.73 Å². The lowest BCUT2D eigenvalue weighted by Gasteiger charge is -2.26. The van der Waals surface area contributed by atoms with Gasteiger partial charge in [0, 0.05) is 0 Å². The molecule has 0 fully saturated rings. The van der Waals surface area contributed by atoms with Gasteiger partial charge in [0.25, 0.3) is 0 Å². The molecule has 2 N–H and O–H groups in total. The number of nitrogens with two attached hydrogens (primary N) is 1. The number of benzene rings is 1. The summed E-state index contributed by atoms with van der Waals surface area (Å²) in [4.78, 5) is 11.4. The van der Waals surface area contributed by atoms with E-state index in [2.05, 4.69) is 4.74 Å². The van der Waals surface area contributed by atoms with Crippen molar-refractivity contribution in [3.63, 3.8) is 0 Å². The highest BCUT2D eigenvalue weighted by Crippen LogP contribution is 2.44. The second-order valence-electron chi connectivity index (χ2n) is 5.23. The van der Waals surface area contributed by atoms with Gasteiger partial charge < -0.3 is 10.5 Å². The number of hydrogen-bond donors (Lipinski definition) is 1. The Kier molecular flexibility index (Phi) is 6.26. The van der Waals surface area contributed by atoms with Gasteiger partial charge in [-0.3, -0.25) is 4.79 Å². The monoisotopic (exact) mass is 357 g/mol. The summed E-state index contributed by atoms with van der Waals surface area (Å²) in [6.45, 7) is 1.43. The van der Waals surface area contributed by atoms with Crippen LogP contribution in [0.15, 0.2) is 18.2 Å². The Balaban J connectivity index is 3.48. The molecule has 2 unspecified atom stereocenters. The smallest absolute Gasteiger partial charge is 0.416 e. The average Bonchev–Trinajstić information content (AvgIpc) is 2.49. The molecule has 136 valence electrons. The maximum Gasteiger partial charge on any atom is 0.416 e. The molecule has 3 nitrogen and oxygen atoms in total. The van der Waals surface area contributed by atoms with Crippen molar-refractivity contribution >= 4 is 5.97 Å². The Morgan fingerprint density at radius 2 is 1.58 bits per heavy atom. The van der Waals surface area contributed by atoms with Crippen LogP contribution in [0.1, 0.15) is 42.4 Å². The van der Waals surface area contributed by atoms with Crippen LogP contribution in [-0.2, 0) is 21.9 Å². The summed E-state index contributed by atoms with van der Waals surface area (Å²) in [5.74, 6) is -2.10. The van der Waals surface area contributed by atoms with E-state index in [1.54, 1.807) is 0 Å². The molecule has 0 radical (unpaired) electrons. The van der Waals surface area contributed by atoms with E-state index in [4.69, 9.17) is 5.73 Å². The third-order valence-electron chi connectivity index (χ3n) is 3.66. The number of carbonyl (C=O) groups is 1. The molecule has 1 rings (SSSR count). The van der Waals surface area contributed by atoms with Crippen LogP contribution in [-0.4, -0.2) is 19.1 Å². The molecular formula is C15H17F6NO2. The Hall–Kier alpha value is -1.77. The quantitative estimate of drug-likeness (QED) is 0.637. The molecule has 2 atom stereocenters. The van der Waals surface area contributed by atoms with Crippen molar-refractivity contribution in [3.8, 4) is 0 Å². The van der Waals surface area contributed by atoms with Gasteiger partial charge in [-0.15, -0.1) is 0 Å². The summed E-state index contributed by atoms with van der Waals surface area (Å²) in [6, 6.07) is 0.581. The molecule has 0 aliphatic rings. The first kappa shape index (κ1) is 20.3. The molecule has 0 spiro atoms. The molecule has 0 aromatic heterocycles. The number of alkyl halides is 6. The van der Waals surface area contributed by atoms with Crippen LogP contribution in [0.2, 0.25) is 0 Å². The van der Waals surface area contributed by atoms with Gasteiger partial charge in [0.15, 0.2) is 0 Å². The number of rotatable bonds is 5. The van der Waals surface area contributed by atoms with Gasteiger partial charge in [0.05, 0.1) is 18.2 Å². The number of esters is 1. The molecule has 0 saturated carbocycles. The first-order valence-electron chi connectivity index (χ1n) is 7.04. The van der Waals surface area contributed by atoms with Crippen molar-refractivity contribution in [2.45, 2.75) is 44.1 Å². The van der Waals surface area contributed by atoms with Crippen LogP contribution in [0.4, 0.5) is 26.3 Å². The number of methoxy groups -OCH3 is 1. The first-order chi connectivity index (χ1) is 10.9. The summed E-state index contributed by atoms with van der Waals surface area (Å²) in [5.41, 5.74) is 1.89. The van der Waals surface area contributed by atoms with Gasteiger partial charge in [-0.1, -0.05) is 13.0 Å². The van der Waals surface area contributed by atoms with E-state index >= 15 is 0 Å². The topological polar surface area (TPSA) is 52.3 Å². The molecule has 9 heteroatoms. The SMILES string of the molecule is CCC(CC(N)C(=O)OC)c1c(C(F)(F)F)cccc1C(F)(F)F. The Labute approximate surface area is 134 Å². The van der Waals surface area contributed by atoms with Gasteiger partial charge in [0.2, 0.25) is 0 Å². The summed E-state index contributed by atoms with van der Waals surface area (Å²) < 4.78 is 83.5. The van der Waals surface area contributed by atoms with E-state index in [0.717, 1.165) is 7.11 Å². The van der Waals surface area contributed by atoms with Crippen molar-refractivity contribution in [3.05, 3.63) is 34.9 Å². The van der Waals surface area contributed by atoms with Crippen molar-refractivity contribution < 1.29 is 35.9 Å². The highest BCUT2D eigenvalue weighted by atomic mass is 19.4. The highest BCUT2D eigenvalue weighted by Gasteiger charge is 2.42. The fourth-order valence-electron chi connectivity index (χ4n) is 2.54. The Morgan fingerprint density at radius 1 is 1.12 bits per heavy atom. The first-order valence-corrected chi connectivity index (χ1v) is 7.04. The lowest BCUT2D eigenvalue weighted by Crippen LogP contribution is -2.34. The Bertz CT molecular complexity index is 550. The van der Waals surface area contributed by atoms with Crippen molar-refractivity contribution in [2.24, 2.45) is 5.73 Å². The summed E-state index contributed by atoms with van der Waals surface area (Å²) >= 11 is 0. The van der Waals surface area contributed by atoms with Crippen LogP contribution in [0.25, 0.3) is 0 Å². The normalized spacial score (nSPS) is 15.0. The molecule has 0 saturated heterocycles. The average molecular weight is 357 g/mol. The minimum Gasteiger partial charge on any atom is -0.468 e. The number of carbonyl (C=O) groups excluding carboxylic acids is 1. The summed E-state index contributed by atoms with van der Waals surface area (Å²) in [7, 11) is 1.04. The third-order valence-corrected chi connectivity index (χ3v) is 3.66. The van der Waals surface area contributed by atoms with E-state index in [1.165, 1.54) is 6.92 Å². The van der Waals surface area contributed by atoms with Gasteiger partial charge in [0.1, 0.15) is 6.04 Å². The van der Waals surface area contributed by atoms with Crippen molar-refractivity contribution in [1.82, 2.24) is 0 Å². The highest BCUT2D eigenvalue weighted by molar-refractivity contribution is 5.75. The molecule has 0 amide bonds. The molecule has 1 aromatic rings. The van der Waals surface area contributed by atoms with Gasteiger partial charge in [-0.2, -0.15) is 26.3 Å². The second-order valence-corrected chi connectivity index (χ2v) is 5.23. The van der Waals surface area contributed by atoms with Crippen LogP contribution in [0.5, 0.6) is 0 Å². The van der Waals surface area contributed by atoms with Crippen molar-refractivity contribution in [1.29, 1.82) is 0 Å². The maximum atomic E-state index is 13.2. The largest absolute Gasteiger partial charge is 0.468 e. The Morgan fingerprint density at radius 3 is 1.92 bits per heavy atom. The van der Waals surface area contributed by atoms with E-state index in [1.807, 2.05) is 0 Å². The van der Waals surface area contributed by atoms with Gasteiger partial charge in [-0.25, -0.2) is 0 Å². The zero-order valence-electron chi connectivity index (χ0n) is 13.0. The molecule has 24 heavy (non-hydrogen) atoms. The maximum absolute atomic E-state index is 13.2. The van der Waals surface area contributed by atoms with Crippen LogP contribution in [0.3, 0.4) is 0 Å². The fourth-order valence-corrected chi connectivity index (χ4v) is 2.54. The van der Waals surface area contributed by atoms with Gasteiger partial charge in [-0.05, 0) is 36.5 Å². The predicted octanol–water partition coefficient (Wildman–Crippen LogP) is 4.11. The number of ether oxygens (including phenoxy) is 1. The van der Waals surface area contributed by atoms with Crippen molar-refractivity contribution in [2.75, 3.05) is 7.11 Å². The molecule has 0 aliphatic carbocycles. The zero-order valence-corrected chi connectivity index (χ0v) is 13.0. The van der Waals surface area contributed by atoms with E-state index in [-0.39, 0.29) is 12.8 Å². The molecule has 0 heterocycles. The number of hydrogen-bond acceptors (Lipinski definition) is 3. The zero-order chi connectivity index (χ0) is 18.7. The number of halogens is 6. The lowest BCUT2D eigenvalue weighted by atomic mass is 9.83.